The summed E-state index contributed by atoms with van der Waals surface area (Å²) in [6, 6.07) is 5.39. The highest BCUT2D eigenvalue weighted by Gasteiger charge is 2.32. The fraction of sp³-hybridized carbons (Fsp3) is 0.562. The number of anilines is 2. The number of carbonyl (C=O) groups excluding carboxylic acids is 1. The fourth-order valence-corrected chi connectivity index (χ4v) is 2.78. The van der Waals surface area contributed by atoms with Crippen molar-refractivity contribution in [3.8, 4) is 0 Å². The quantitative estimate of drug-likeness (QED) is 0.682. The van der Waals surface area contributed by atoms with E-state index >= 15 is 0 Å². The summed E-state index contributed by atoms with van der Waals surface area (Å²) in [7, 11) is 1.73. The Balaban J connectivity index is 2.32. The van der Waals surface area contributed by atoms with Gasteiger partial charge in [-0.05, 0) is 44.9 Å². The van der Waals surface area contributed by atoms with Crippen molar-refractivity contribution in [2.24, 2.45) is 0 Å². The Morgan fingerprint density at radius 2 is 2.24 bits per heavy atom. The number of piperidine rings is 1. The Morgan fingerprint density at radius 3 is 2.90 bits per heavy atom. The lowest BCUT2D eigenvalue weighted by Gasteiger charge is -2.41. The highest BCUT2D eigenvalue weighted by atomic mass is 16.5. The molecule has 2 N–H and O–H groups in total. The lowest BCUT2D eigenvalue weighted by Crippen LogP contribution is -2.47. The number of carbonyl (C=O) groups is 1. The second-order valence-electron chi connectivity index (χ2n) is 5.68. The zero-order valence-corrected chi connectivity index (χ0v) is 13.0. The molecule has 1 heterocycles. The predicted molar refractivity (Wildman–Crippen MR) is 83.7 cm³/mol. The summed E-state index contributed by atoms with van der Waals surface area (Å²) in [6.07, 6.45) is 2.04. The molecule has 1 unspecified atom stereocenters. The van der Waals surface area contributed by atoms with Crippen LogP contribution < -0.4 is 10.6 Å². The van der Waals surface area contributed by atoms with E-state index < -0.39 is 0 Å². The standard InChI is InChI=1S/C16H24N2O3/c1-4-21-15(19)13-10-12(17)6-7-14(13)18-9-5-8-16(2,11-18)20-3/h6-7,10H,4-5,8-9,11,17H2,1-3H3. The van der Waals surface area contributed by atoms with Crippen molar-refractivity contribution >= 4 is 17.3 Å². The summed E-state index contributed by atoms with van der Waals surface area (Å²) in [5, 5.41) is 0. The first-order valence-corrected chi connectivity index (χ1v) is 7.36. The smallest absolute Gasteiger partial charge is 0.340 e. The Morgan fingerprint density at radius 1 is 1.48 bits per heavy atom. The van der Waals surface area contributed by atoms with E-state index in [1.165, 1.54) is 0 Å². The van der Waals surface area contributed by atoms with E-state index in [0.29, 0.717) is 17.9 Å². The average molecular weight is 292 g/mol. The molecule has 1 atom stereocenters. The molecule has 1 aromatic carbocycles. The van der Waals surface area contributed by atoms with Crippen molar-refractivity contribution in [3.63, 3.8) is 0 Å². The summed E-state index contributed by atoms with van der Waals surface area (Å²) < 4.78 is 10.8. The van der Waals surface area contributed by atoms with Gasteiger partial charge in [0.1, 0.15) is 0 Å². The predicted octanol–water partition coefficient (Wildman–Crippen LogP) is 2.45. The number of methoxy groups -OCH3 is 1. The molecule has 0 saturated carbocycles. The second-order valence-corrected chi connectivity index (χ2v) is 5.68. The number of rotatable bonds is 4. The monoisotopic (exact) mass is 292 g/mol. The molecular weight excluding hydrogens is 268 g/mol. The topological polar surface area (TPSA) is 64.8 Å². The molecule has 116 valence electrons. The molecule has 1 saturated heterocycles. The van der Waals surface area contributed by atoms with E-state index in [4.69, 9.17) is 15.2 Å². The van der Waals surface area contributed by atoms with E-state index in [1.807, 2.05) is 12.1 Å². The van der Waals surface area contributed by atoms with Gasteiger partial charge in [0.2, 0.25) is 0 Å². The number of nitrogen functional groups attached to an aromatic ring is 1. The Bertz CT molecular complexity index is 518. The van der Waals surface area contributed by atoms with Crippen LogP contribution in [0.15, 0.2) is 18.2 Å². The van der Waals surface area contributed by atoms with Gasteiger partial charge in [-0.1, -0.05) is 0 Å². The van der Waals surface area contributed by atoms with Gasteiger partial charge >= 0.3 is 5.97 Å². The third-order valence-electron chi connectivity index (χ3n) is 4.01. The van der Waals surface area contributed by atoms with Crippen LogP contribution in [0, 0.1) is 0 Å². The first kappa shape index (κ1) is 15.6. The van der Waals surface area contributed by atoms with Crippen molar-refractivity contribution in [2.45, 2.75) is 32.3 Å². The van der Waals surface area contributed by atoms with E-state index in [0.717, 1.165) is 31.6 Å². The lowest BCUT2D eigenvalue weighted by molar-refractivity contribution is -0.00474. The normalized spacial score (nSPS) is 22.1. The number of benzene rings is 1. The summed E-state index contributed by atoms with van der Waals surface area (Å²) in [5.41, 5.74) is 7.59. The number of nitrogens with two attached hydrogens (primary N) is 1. The molecule has 0 aliphatic carbocycles. The number of ether oxygens (including phenoxy) is 2. The van der Waals surface area contributed by atoms with Crippen LogP contribution in [-0.2, 0) is 9.47 Å². The van der Waals surface area contributed by atoms with Crippen LogP contribution in [0.4, 0.5) is 11.4 Å². The molecule has 0 radical (unpaired) electrons. The maximum atomic E-state index is 12.2. The van der Waals surface area contributed by atoms with Crippen molar-refractivity contribution in [2.75, 3.05) is 37.4 Å². The van der Waals surface area contributed by atoms with E-state index in [1.54, 1.807) is 20.1 Å². The Labute approximate surface area is 126 Å². The van der Waals surface area contributed by atoms with E-state index in [2.05, 4.69) is 11.8 Å². The molecule has 5 heteroatoms. The van der Waals surface area contributed by atoms with E-state index in [9.17, 15) is 4.79 Å². The van der Waals surface area contributed by atoms with E-state index in [-0.39, 0.29) is 11.6 Å². The van der Waals surface area contributed by atoms with Crippen LogP contribution in [-0.4, -0.2) is 38.4 Å². The SMILES string of the molecule is CCOC(=O)c1cc(N)ccc1N1CCCC(C)(OC)C1. The molecule has 21 heavy (non-hydrogen) atoms. The molecule has 1 fully saturated rings. The summed E-state index contributed by atoms with van der Waals surface area (Å²) in [4.78, 5) is 14.3. The van der Waals surface area contributed by atoms with Crippen molar-refractivity contribution in [1.82, 2.24) is 0 Å². The Kier molecular flexibility index (Phi) is 4.73. The minimum Gasteiger partial charge on any atom is -0.462 e. The van der Waals surface area contributed by atoms with Gasteiger partial charge in [-0.2, -0.15) is 0 Å². The summed E-state index contributed by atoms with van der Waals surface area (Å²) in [6.45, 7) is 5.89. The number of nitrogens with zero attached hydrogens (tertiary/aromatic N) is 1. The average Bonchev–Trinajstić information content (AvgIpc) is 2.47. The minimum atomic E-state index is -0.329. The van der Waals surface area contributed by atoms with Crippen LogP contribution in [0.5, 0.6) is 0 Å². The van der Waals surface area contributed by atoms with Crippen LogP contribution in [0.2, 0.25) is 0 Å². The zero-order chi connectivity index (χ0) is 15.5. The zero-order valence-electron chi connectivity index (χ0n) is 13.0. The van der Waals surface area contributed by atoms with Crippen LogP contribution in [0.25, 0.3) is 0 Å². The molecule has 1 aromatic rings. The molecule has 0 spiro atoms. The van der Waals surface area contributed by atoms with Gasteiger partial charge in [0, 0.05) is 25.9 Å². The Hall–Kier alpha value is -1.75. The van der Waals surface area contributed by atoms with Gasteiger partial charge < -0.3 is 20.1 Å². The molecule has 0 bridgehead atoms. The van der Waals surface area contributed by atoms with Crippen molar-refractivity contribution < 1.29 is 14.3 Å². The molecule has 0 aromatic heterocycles. The molecule has 1 aliphatic heterocycles. The highest BCUT2D eigenvalue weighted by Crippen LogP contribution is 2.31. The first-order valence-electron chi connectivity index (χ1n) is 7.36. The fourth-order valence-electron chi connectivity index (χ4n) is 2.78. The number of hydrogen-bond donors (Lipinski definition) is 1. The largest absolute Gasteiger partial charge is 0.462 e. The van der Waals surface area contributed by atoms with Gasteiger partial charge in [-0.15, -0.1) is 0 Å². The molecule has 0 amide bonds. The third-order valence-corrected chi connectivity index (χ3v) is 4.01. The van der Waals surface area contributed by atoms with Crippen molar-refractivity contribution in [3.05, 3.63) is 23.8 Å². The van der Waals surface area contributed by atoms with Gasteiger partial charge in [0.05, 0.1) is 23.5 Å². The van der Waals surface area contributed by atoms with Crippen LogP contribution >= 0.6 is 0 Å². The second kappa shape index (κ2) is 6.35. The minimum absolute atomic E-state index is 0.189. The van der Waals surface area contributed by atoms with Gasteiger partial charge in [-0.25, -0.2) is 4.79 Å². The van der Waals surface area contributed by atoms with Crippen LogP contribution in [0.1, 0.15) is 37.0 Å². The summed E-state index contributed by atoms with van der Waals surface area (Å²) in [5.74, 6) is -0.329. The lowest BCUT2D eigenvalue weighted by atomic mass is 9.93. The maximum Gasteiger partial charge on any atom is 0.340 e. The van der Waals surface area contributed by atoms with Crippen molar-refractivity contribution in [1.29, 1.82) is 0 Å². The number of esters is 1. The number of hydrogen-bond acceptors (Lipinski definition) is 5. The highest BCUT2D eigenvalue weighted by molar-refractivity contribution is 5.97. The third kappa shape index (κ3) is 3.47. The molecule has 5 nitrogen and oxygen atoms in total. The summed E-state index contributed by atoms with van der Waals surface area (Å²) >= 11 is 0. The maximum absolute atomic E-state index is 12.2. The van der Waals surface area contributed by atoms with Gasteiger partial charge in [0.15, 0.2) is 0 Å². The molecular formula is C16H24N2O3. The van der Waals surface area contributed by atoms with Crippen LogP contribution in [0.3, 0.4) is 0 Å². The van der Waals surface area contributed by atoms with Gasteiger partial charge in [0.25, 0.3) is 0 Å². The molecule has 2 rings (SSSR count). The van der Waals surface area contributed by atoms with Gasteiger partial charge in [-0.3, -0.25) is 0 Å². The first-order chi connectivity index (χ1) is 9.99. The molecule has 1 aliphatic rings.